The Hall–Kier alpha value is -3.62. The van der Waals surface area contributed by atoms with E-state index in [0.717, 1.165) is 47.1 Å². The molecule has 0 atom stereocenters. The molecule has 9 heteroatoms. The summed E-state index contributed by atoms with van der Waals surface area (Å²) < 4.78 is 42.1. The van der Waals surface area contributed by atoms with E-state index in [-0.39, 0.29) is 12.1 Å². The van der Waals surface area contributed by atoms with Crippen molar-refractivity contribution in [1.82, 2.24) is 19.7 Å². The molecule has 5 rings (SSSR count). The predicted octanol–water partition coefficient (Wildman–Crippen LogP) is 5.40. The van der Waals surface area contributed by atoms with Crippen LogP contribution in [-0.2, 0) is 25.8 Å². The Morgan fingerprint density at radius 1 is 1.06 bits per heavy atom. The third-order valence-electron chi connectivity index (χ3n) is 6.67. The Kier molecular flexibility index (Phi) is 5.42. The highest BCUT2D eigenvalue weighted by Gasteiger charge is 2.32. The first kappa shape index (κ1) is 22.2. The maximum Gasteiger partial charge on any atom is 0.416 e. The third kappa shape index (κ3) is 3.95. The number of nitrogens with one attached hydrogen (secondary N) is 1. The molecule has 0 amide bonds. The average Bonchev–Trinajstić information content (AvgIpc) is 3.10. The monoisotopic (exact) mass is 466 g/mol. The lowest BCUT2D eigenvalue weighted by atomic mass is 10.0. The molecule has 176 valence electrons. The maximum absolute atomic E-state index is 13.3. The van der Waals surface area contributed by atoms with Crippen LogP contribution < -0.4 is 10.2 Å². The van der Waals surface area contributed by atoms with Crippen LogP contribution in [0.5, 0.6) is 0 Å². The number of anilines is 2. The Bertz CT molecular complexity index is 1380. The number of benzene rings is 2. The van der Waals surface area contributed by atoms with Crippen LogP contribution in [-0.4, -0.2) is 26.3 Å². The Morgan fingerprint density at radius 3 is 2.68 bits per heavy atom. The number of alkyl halides is 3. The van der Waals surface area contributed by atoms with E-state index >= 15 is 0 Å². The smallest absolute Gasteiger partial charge is 0.364 e. The highest BCUT2D eigenvalue weighted by molar-refractivity contribution is 5.93. The first-order valence-corrected chi connectivity index (χ1v) is 11.1. The van der Waals surface area contributed by atoms with Gasteiger partial charge < -0.3 is 14.8 Å². The average molecular weight is 467 g/mol. The quantitative estimate of drug-likeness (QED) is 0.436. The number of hydrogen-bond acceptors (Lipinski definition) is 5. The van der Waals surface area contributed by atoms with E-state index in [9.17, 15) is 13.2 Å². The van der Waals surface area contributed by atoms with E-state index in [1.54, 1.807) is 12.3 Å². The van der Waals surface area contributed by atoms with Crippen LogP contribution in [0.15, 0.2) is 42.6 Å². The molecule has 2 aromatic heterocycles. The first-order chi connectivity index (χ1) is 16.2. The van der Waals surface area contributed by atoms with Crippen molar-refractivity contribution in [2.75, 3.05) is 16.8 Å². The van der Waals surface area contributed by atoms with Gasteiger partial charge >= 0.3 is 6.18 Å². The number of fused-ring (bicyclic) bond motifs is 2. The minimum Gasteiger partial charge on any atom is -0.364 e. The molecular formula is C25H25F3N6. The fourth-order valence-electron chi connectivity index (χ4n) is 4.58. The van der Waals surface area contributed by atoms with Crippen LogP contribution in [0.1, 0.15) is 33.9 Å². The summed E-state index contributed by atoms with van der Waals surface area (Å²) in [6, 6.07) is 10.4. The largest absolute Gasteiger partial charge is 0.416 e. The molecule has 1 aliphatic rings. The molecule has 34 heavy (non-hydrogen) atoms. The van der Waals surface area contributed by atoms with Gasteiger partial charge in [-0.25, -0.2) is 4.98 Å². The van der Waals surface area contributed by atoms with Gasteiger partial charge in [0.2, 0.25) is 0 Å². The molecule has 1 N–H and O–H groups in total. The SMILES string of the molecule is Cc1nc2n(c1C)CCN(c1ccc3cnnc(NCc4cccc(C(F)(F)F)c4C)c3c1)C2. The number of halogens is 3. The van der Waals surface area contributed by atoms with Crippen LogP contribution in [0.2, 0.25) is 0 Å². The topological polar surface area (TPSA) is 58.9 Å². The van der Waals surface area contributed by atoms with Gasteiger partial charge in [0.05, 0.1) is 24.0 Å². The Balaban J connectivity index is 1.42. The van der Waals surface area contributed by atoms with Crippen LogP contribution in [0.4, 0.5) is 24.7 Å². The lowest BCUT2D eigenvalue weighted by molar-refractivity contribution is -0.138. The minimum atomic E-state index is -4.38. The number of aryl methyl sites for hydroxylation is 1. The molecule has 6 nitrogen and oxygen atoms in total. The van der Waals surface area contributed by atoms with Crippen molar-refractivity contribution in [3.8, 4) is 0 Å². The van der Waals surface area contributed by atoms with Crippen molar-refractivity contribution >= 4 is 22.3 Å². The molecule has 2 aromatic carbocycles. The summed E-state index contributed by atoms with van der Waals surface area (Å²) in [5.74, 6) is 1.59. The second-order valence-corrected chi connectivity index (χ2v) is 8.68. The molecule has 4 aromatic rings. The van der Waals surface area contributed by atoms with Crippen molar-refractivity contribution < 1.29 is 13.2 Å². The van der Waals surface area contributed by atoms with Gasteiger partial charge in [-0.1, -0.05) is 18.2 Å². The molecule has 0 spiro atoms. The zero-order valence-corrected chi connectivity index (χ0v) is 19.2. The lowest BCUT2D eigenvalue weighted by Crippen LogP contribution is -2.34. The predicted molar refractivity (Wildman–Crippen MR) is 126 cm³/mol. The highest BCUT2D eigenvalue weighted by Crippen LogP contribution is 2.33. The summed E-state index contributed by atoms with van der Waals surface area (Å²) >= 11 is 0. The van der Waals surface area contributed by atoms with E-state index in [4.69, 9.17) is 4.98 Å². The van der Waals surface area contributed by atoms with Gasteiger partial charge in [0.25, 0.3) is 0 Å². The van der Waals surface area contributed by atoms with Crippen LogP contribution >= 0.6 is 0 Å². The summed E-state index contributed by atoms with van der Waals surface area (Å²) in [6.45, 7) is 8.28. The number of imidazole rings is 1. The third-order valence-corrected chi connectivity index (χ3v) is 6.67. The lowest BCUT2D eigenvalue weighted by Gasteiger charge is -2.30. The summed E-state index contributed by atoms with van der Waals surface area (Å²) in [5.41, 5.74) is 3.47. The molecule has 0 saturated carbocycles. The molecule has 3 heterocycles. The second-order valence-electron chi connectivity index (χ2n) is 8.68. The Morgan fingerprint density at radius 2 is 1.88 bits per heavy atom. The summed E-state index contributed by atoms with van der Waals surface area (Å²) in [7, 11) is 0. The fraction of sp³-hybridized carbons (Fsp3) is 0.320. The number of rotatable bonds is 4. The van der Waals surface area contributed by atoms with Gasteiger partial charge in [-0.2, -0.15) is 18.3 Å². The van der Waals surface area contributed by atoms with Gasteiger partial charge in [0.15, 0.2) is 5.82 Å². The van der Waals surface area contributed by atoms with Gasteiger partial charge in [-0.15, -0.1) is 5.10 Å². The number of nitrogens with zero attached hydrogens (tertiary/aromatic N) is 5. The minimum absolute atomic E-state index is 0.214. The normalized spacial score (nSPS) is 13.9. The molecule has 0 unspecified atom stereocenters. The fourth-order valence-corrected chi connectivity index (χ4v) is 4.58. The van der Waals surface area contributed by atoms with Gasteiger partial charge in [0, 0.05) is 41.8 Å². The van der Waals surface area contributed by atoms with Gasteiger partial charge in [-0.3, -0.25) is 0 Å². The number of hydrogen-bond donors (Lipinski definition) is 1. The van der Waals surface area contributed by atoms with E-state index in [1.807, 2.05) is 13.0 Å². The summed E-state index contributed by atoms with van der Waals surface area (Å²) in [6.07, 6.45) is -2.69. The molecule has 1 aliphatic heterocycles. The second kappa shape index (κ2) is 8.30. The van der Waals surface area contributed by atoms with Crippen LogP contribution in [0.25, 0.3) is 10.8 Å². The summed E-state index contributed by atoms with van der Waals surface area (Å²) in [4.78, 5) is 6.99. The molecule has 0 radical (unpaired) electrons. The first-order valence-electron chi connectivity index (χ1n) is 11.1. The molecule has 0 aliphatic carbocycles. The Labute approximate surface area is 195 Å². The van der Waals surface area contributed by atoms with E-state index in [0.29, 0.717) is 17.9 Å². The zero-order valence-electron chi connectivity index (χ0n) is 19.2. The molecule has 0 fully saturated rings. The van der Waals surface area contributed by atoms with Crippen molar-refractivity contribution in [2.45, 2.75) is 46.6 Å². The van der Waals surface area contributed by atoms with Crippen molar-refractivity contribution in [1.29, 1.82) is 0 Å². The summed E-state index contributed by atoms with van der Waals surface area (Å²) in [5, 5.41) is 13.3. The van der Waals surface area contributed by atoms with Gasteiger partial charge in [0.1, 0.15) is 5.82 Å². The van der Waals surface area contributed by atoms with Crippen molar-refractivity contribution in [3.05, 3.63) is 76.5 Å². The van der Waals surface area contributed by atoms with Crippen molar-refractivity contribution in [2.24, 2.45) is 0 Å². The van der Waals surface area contributed by atoms with Crippen LogP contribution in [0.3, 0.4) is 0 Å². The van der Waals surface area contributed by atoms with E-state index in [2.05, 4.69) is 44.0 Å². The molecule has 0 bridgehead atoms. The molecule has 0 saturated heterocycles. The number of aromatic nitrogens is 4. The maximum atomic E-state index is 13.3. The van der Waals surface area contributed by atoms with E-state index < -0.39 is 11.7 Å². The van der Waals surface area contributed by atoms with Crippen molar-refractivity contribution in [3.63, 3.8) is 0 Å². The van der Waals surface area contributed by atoms with Crippen LogP contribution in [0, 0.1) is 20.8 Å². The standard InChI is InChI=1S/C25H25F3N6/c1-15-18(5-4-6-22(15)25(26,27)28)12-29-24-21-11-20(8-7-19(21)13-30-32-24)33-9-10-34-17(3)16(2)31-23(34)14-33/h4-8,11,13H,9-10,12,14H2,1-3H3,(H,29,32). The van der Waals surface area contributed by atoms with E-state index in [1.165, 1.54) is 18.7 Å². The van der Waals surface area contributed by atoms with Gasteiger partial charge in [-0.05, 0) is 50.1 Å². The molecular weight excluding hydrogens is 441 g/mol. The zero-order chi connectivity index (χ0) is 24.0. The highest BCUT2D eigenvalue weighted by atomic mass is 19.4.